The summed E-state index contributed by atoms with van der Waals surface area (Å²) in [5.41, 5.74) is 3.16. The average Bonchev–Trinajstić information content (AvgIpc) is 3.22. The SMILES string of the molecule is COc1ccc(C)cc1CC(=O)Nc1ccccc1C(=O)Nc1ccc2c(c1)OCO2. The van der Waals surface area contributed by atoms with Gasteiger partial charge in [0.25, 0.3) is 5.91 Å². The standard InChI is InChI=1S/C24H22N2O5/c1-15-7-9-20(29-2)16(11-15)12-23(27)26-19-6-4-3-5-18(19)24(28)25-17-8-10-21-22(13-17)31-14-30-21/h3-11,13H,12,14H2,1-2H3,(H,25,28)(H,26,27). The quantitative estimate of drug-likeness (QED) is 0.628. The Morgan fingerprint density at radius 3 is 2.61 bits per heavy atom. The van der Waals surface area contributed by atoms with E-state index in [0.29, 0.717) is 34.2 Å². The number of anilines is 2. The van der Waals surface area contributed by atoms with Crippen LogP contribution in [0.4, 0.5) is 11.4 Å². The number of nitrogens with one attached hydrogen (secondary N) is 2. The molecule has 1 aliphatic rings. The second-order valence-corrected chi connectivity index (χ2v) is 7.11. The summed E-state index contributed by atoms with van der Waals surface area (Å²) >= 11 is 0. The van der Waals surface area contributed by atoms with E-state index >= 15 is 0 Å². The molecule has 2 amide bonds. The smallest absolute Gasteiger partial charge is 0.257 e. The molecule has 0 spiro atoms. The zero-order chi connectivity index (χ0) is 21.8. The highest BCUT2D eigenvalue weighted by Crippen LogP contribution is 2.34. The zero-order valence-corrected chi connectivity index (χ0v) is 17.2. The van der Waals surface area contributed by atoms with Crippen LogP contribution in [0.1, 0.15) is 21.5 Å². The number of aryl methyl sites for hydroxylation is 1. The lowest BCUT2D eigenvalue weighted by molar-refractivity contribution is -0.115. The molecular formula is C24H22N2O5. The Kier molecular flexibility index (Phi) is 5.75. The molecule has 4 rings (SSSR count). The van der Waals surface area contributed by atoms with Gasteiger partial charge in [-0.05, 0) is 37.3 Å². The Hall–Kier alpha value is -4.00. The zero-order valence-electron chi connectivity index (χ0n) is 17.2. The molecule has 0 fully saturated rings. The monoisotopic (exact) mass is 418 g/mol. The molecular weight excluding hydrogens is 396 g/mol. The van der Waals surface area contributed by atoms with Crippen LogP contribution in [0.15, 0.2) is 60.7 Å². The molecule has 1 aliphatic heterocycles. The lowest BCUT2D eigenvalue weighted by Gasteiger charge is -2.13. The van der Waals surface area contributed by atoms with Gasteiger partial charge in [0.05, 0.1) is 24.8 Å². The maximum Gasteiger partial charge on any atom is 0.257 e. The molecule has 1 heterocycles. The molecule has 0 atom stereocenters. The van der Waals surface area contributed by atoms with E-state index in [4.69, 9.17) is 14.2 Å². The van der Waals surface area contributed by atoms with Crippen molar-refractivity contribution in [1.82, 2.24) is 0 Å². The fourth-order valence-electron chi connectivity index (χ4n) is 3.38. The van der Waals surface area contributed by atoms with Crippen LogP contribution in [0.3, 0.4) is 0 Å². The average molecular weight is 418 g/mol. The van der Waals surface area contributed by atoms with Gasteiger partial charge in [-0.1, -0.05) is 29.8 Å². The van der Waals surface area contributed by atoms with Gasteiger partial charge in [-0.2, -0.15) is 0 Å². The van der Waals surface area contributed by atoms with Gasteiger partial charge >= 0.3 is 0 Å². The number of methoxy groups -OCH3 is 1. The molecule has 0 saturated carbocycles. The summed E-state index contributed by atoms with van der Waals surface area (Å²) < 4.78 is 16.0. The minimum Gasteiger partial charge on any atom is -0.496 e. The second kappa shape index (κ2) is 8.79. The molecule has 0 saturated heterocycles. The van der Waals surface area contributed by atoms with Gasteiger partial charge < -0.3 is 24.8 Å². The van der Waals surface area contributed by atoms with Gasteiger partial charge in [-0.3, -0.25) is 9.59 Å². The van der Waals surface area contributed by atoms with Crippen molar-refractivity contribution in [3.63, 3.8) is 0 Å². The number of ether oxygens (including phenoxy) is 3. The predicted octanol–water partition coefficient (Wildman–Crippen LogP) is 4.17. The number of amides is 2. The molecule has 3 aromatic rings. The fourth-order valence-corrected chi connectivity index (χ4v) is 3.38. The molecule has 158 valence electrons. The van der Waals surface area contributed by atoms with Crippen molar-refractivity contribution in [2.75, 3.05) is 24.5 Å². The molecule has 0 aromatic heterocycles. The summed E-state index contributed by atoms with van der Waals surface area (Å²) in [4.78, 5) is 25.6. The molecule has 0 aliphatic carbocycles. The van der Waals surface area contributed by atoms with E-state index in [2.05, 4.69) is 10.6 Å². The van der Waals surface area contributed by atoms with Crippen molar-refractivity contribution in [2.24, 2.45) is 0 Å². The topological polar surface area (TPSA) is 85.9 Å². The van der Waals surface area contributed by atoms with Crippen molar-refractivity contribution in [1.29, 1.82) is 0 Å². The van der Waals surface area contributed by atoms with Crippen LogP contribution in [0, 0.1) is 6.92 Å². The number of hydrogen-bond donors (Lipinski definition) is 2. The summed E-state index contributed by atoms with van der Waals surface area (Å²) in [7, 11) is 1.57. The van der Waals surface area contributed by atoms with E-state index in [1.807, 2.05) is 25.1 Å². The van der Waals surface area contributed by atoms with Crippen molar-refractivity contribution in [3.05, 3.63) is 77.4 Å². The van der Waals surface area contributed by atoms with Gasteiger partial charge in [0.2, 0.25) is 12.7 Å². The van der Waals surface area contributed by atoms with Gasteiger partial charge in [-0.15, -0.1) is 0 Å². The first kappa shape index (κ1) is 20.3. The number of benzene rings is 3. The third-order valence-corrected chi connectivity index (χ3v) is 4.86. The molecule has 7 nitrogen and oxygen atoms in total. The Balaban J connectivity index is 1.49. The van der Waals surface area contributed by atoms with Gasteiger partial charge in [0.1, 0.15) is 5.75 Å². The van der Waals surface area contributed by atoms with E-state index in [0.717, 1.165) is 11.1 Å². The minimum absolute atomic E-state index is 0.128. The summed E-state index contributed by atoms with van der Waals surface area (Å²) in [5.74, 6) is 1.27. The van der Waals surface area contributed by atoms with Crippen LogP contribution in [0.2, 0.25) is 0 Å². The minimum atomic E-state index is -0.345. The normalized spacial score (nSPS) is 11.7. The second-order valence-electron chi connectivity index (χ2n) is 7.11. The number of rotatable bonds is 6. The van der Waals surface area contributed by atoms with E-state index in [1.54, 1.807) is 49.6 Å². The first-order valence-corrected chi connectivity index (χ1v) is 9.77. The third kappa shape index (κ3) is 4.61. The van der Waals surface area contributed by atoms with Crippen LogP contribution in [0.25, 0.3) is 0 Å². The molecule has 0 radical (unpaired) electrons. The van der Waals surface area contributed by atoms with E-state index in [9.17, 15) is 9.59 Å². The number of carbonyl (C=O) groups is 2. The molecule has 0 unspecified atom stereocenters. The summed E-state index contributed by atoms with van der Waals surface area (Å²) in [6, 6.07) is 17.7. The summed E-state index contributed by atoms with van der Waals surface area (Å²) in [6.45, 7) is 2.12. The maximum absolute atomic E-state index is 12.9. The molecule has 2 N–H and O–H groups in total. The van der Waals surface area contributed by atoms with Crippen LogP contribution in [-0.4, -0.2) is 25.7 Å². The Labute approximate surface area is 179 Å². The van der Waals surface area contributed by atoms with Crippen LogP contribution >= 0.6 is 0 Å². The number of fused-ring (bicyclic) bond motifs is 1. The van der Waals surface area contributed by atoms with Crippen molar-refractivity contribution >= 4 is 23.2 Å². The highest BCUT2D eigenvalue weighted by atomic mass is 16.7. The first-order valence-electron chi connectivity index (χ1n) is 9.77. The largest absolute Gasteiger partial charge is 0.496 e. The van der Waals surface area contributed by atoms with E-state index in [1.165, 1.54) is 0 Å². The third-order valence-electron chi connectivity index (χ3n) is 4.86. The number of hydrogen-bond acceptors (Lipinski definition) is 5. The summed E-state index contributed by atoms with van der Waals surface area (Å²) in [5, 5.41) is 5.67. The lowest BCUT2D eigenvalue weighted by atomic mass is 10.1. The molecule has 0 bridgehead atoms. The van der Waals surface area contributed by atoms with Crippen LogP contribution in [0.5, 0.6) is 17.2 Å². The van der Waals surface area contributed by atoms with Gasteiger partial charge in [-0.25, -0.2) is 0 Å². The van der Waals surface area contributed by atoms with E-state index < -0.39 is 0 Å². The Bertz CT molecular complexity index is 1140. The number of carbonyl (C=O) groups excluding carboxylic acids is 2. The van der Waals surface area contributed by atoms with Crippen molar-refractivity contribution in [3.8, 4) is 17.2 Å². The van der Waals surface area contributed by atoms with Crippen molar-refractivity contribution < 1.29 is 23.8 Å². The predicted molar refractivity (Wildman–Crippen MR) is 117 cm³/mol. The molecule has 7 heteroatoms. The fraction of sp³-hybridized carbons (Fsp3) is 0.167. The van der Waals surface area contributed by atoms with Crippen molar-refractivity contribution in [2.45, 2.75) is 13.3 Å². The van der Waals surface area contributed by atoms with Gasteiger partial charge in [0, 0.05) is 17.3 Å². The van der Waals surface area contributed by atoms with Gasteiger partial charge in [0.15, 0.2) is 11.5 Å². The summed E-state index contributed by atoms with van der Waals surface area (Å²) in [6.07, 6.45) is 0.128. The Morgan fingerprint density at radius 2 is 1.77 bits per heavy atom. The maximum atomic E-state index is 12.9. The van der Waals surface area contributed by atoms with E-state index in [-0.39, 0.29) is 25.0 Å². The first-order chi connectivity index (χ1) is 15.0. The highest BCUT2D eigenvalue weighted by molar-refractivity contribution is 6.10. The molecule has 31 heavy (non-hydrogen) atoms. The van der Waals surface area contributed by atoms with Crippen LogP contribution < -0.4 is 24.8 Å². The molecule has 3 aromatic carbocycles. The number of para-hydroxylation sites is 1. The highest BCUT2D eigenvalue weighted by Gasteiger charge is 2.17. The lowest BCUT2D eigenvalue weighted by Crippen LogP contribution is -2.19. The Morgan fingerprint density at radius 1 is 0.968 bits per heavy atom. The van der Waals surface area contributed by atoms with Crippen LogP contribution in [-0.2, 0) is 11.2 Å².